The van der Waals surface area contributed by atoms with E-state index < -0.39 is 16.1 Å². The third kappa shape index (κ3) is 8.62. The third-order valence-electron chi connectivity index (χ3n) is 6.26. The van der Waals surface area contributed by atoms with Crippen LogP contribution in [-0.2, 0) is 26.2 Å². The molecular formula is C27H38BrN3O4S. The Morgan fingerprint density at radius 1 is 1.06 bits per heavy atom. The van der Waals surface area contributed by atoms with Gasteiger partial charge in [0.2, 0.25) is 21.8 Å². The van der Waals surface area contributed by atoms with Crippen molar-refractivity contribution in [2.24, 2.45) is 0 Å². The molecule has 0 heterocycles. The largest absolute Gasteiger partial charge is 0.354 e. The molecule has 2 aromatic carbocycles. The maximum Gasteiger partial charge on any atom is 0.242 e. The third-order valence-corrected chi connectivity index (χ3v) is 7.97. The Kier molecular flexibility index (Phi) is 11.4. The minimum atomic E-state index is -3.53. The van der Waals surface area contributed by atoms with Crippen molar-refractivity contribution in [3.05, 3.63) is 63.6 Å². The second-order valence-corrected chi connectivity index (χ2v) is 11.9. The lowest BCUT2D eigenvalue weighted by atomic mass is 10.1. The van der Waals surface area contributed by atoms with Crippen molar-refractivity contribution >= 4 is 43.5 Å². The molecule has 2 aromatic rings. The summed E-state index contributed by atoms with van der Waals surface area (Å²) in [6.45, 7) is 8.66. The molecule has 0 spiro atoms. The van der Waals surface area contributed by atoms with E-state index in [4.69, 9.17) is 0 Å². The fraction of sp³-hybridized carbons (Fsp3) is 0.481. The number of hydrogen-bond acceptors (Lipinski definition) is 4. The normalized spacial score (nSPS) is 12.2. The van der Waals surface area contributed by atoms with E-state index in [1.54, 1.807) is 17.9 Å². The van der Waals surface area contributed by atoms with Crippen molar-refractivity contribution in [1.29, 1.82) is 0 Å². The van der Waals surface area contributed by atoms with Crippen molar-refractivity contribution < 1.29 is 18.0 Å². The van der Waals surface area contributed by atoms with Gasteiger partial charge in [0.05, 0.1) is 11.9 Å². The van der Waals surface area contributed by atoms with Gasteiger partial charge in [-0.3, -0.25) is 13.9 Å². The summed E-state index contributed by atoms with van der Waals surface area (Å²) in [5.41, 5.74) is 3.43. The van der Waals surface area contributed by atoms with E-state index in [-0.39, 0.29) is 24.8 Å². The summed E-state index contributed by atoms with van der Waals surface area (Å²) in [6.07, 6.45) is 3.48. The van der Waals surface area contributed by atoms with Crippen LogP contribution in [0.25, 0.3) is 0 Å². The zero-order valence-electron chi connectivity index (χ0n) is 21.9. The van der Waals surface area contributed by atoms with E-state index in [0.717, 1.165) is 34.0 Å². The fourth-order valence-electron chi connectivity index (χ4n) is 3.89. The van der Waals surface area contributed by atoms with E-state index >= 15 is 0 Å². The molecular weight excluding hydrogens is 542 g/mol. The second kappa shape index (κ2) is 13.8. The quantitative estimate of drug-likeness (QED) is 0.340. The van der Waals surface area contributed by atoms with Gasteiger partial charge in [0, 0.05) is 30.5 Å². The molecule has 198 valence electrons. The van der Waals surface area contributed by atoms with Gasteiger partial charge in [-0.1, -0.05) is 53.5 Å². The monoisotopic (exact) mass is 579 g/mol. The molecule has 0 radical (unpaired) electrons. The number of aryl methyl sites for hydroxylation is 1. The molecule has 0 fully saturated rings. The van der Waals surface area contributed by atoms with Crippen molar-refractivity contribution in [2.75, 3.05) is 23.7 Å². The highest BCUT2D eigenvalue weighted by Crippen LogP contribution is 2.25. The van der Waals surface area contributed by atoms with Crippen molar-refractivity contribution in [3.8, 4) is 0 Å². The summed E-state index contributed by atoms with van der Waals surface area (Å²) < 4.78 is 27.4. The summed E-state index contributed by atoms with van der Waals surface area (Å²) in [7, 11) is -3.53. The molecule has 9 heteroatoms. The van der Waals surface area contributed by atoms with Crippen LogP contribution in [0, 0.1) is 13.8 Å². The highest BCUT2D eigenvalue weighted by molar-refractivity contribution is 9.10. The Morgan fingerprint density at radius 2 is 1.72 bits per heavy atom. The van der Waals surface area contributed by atoms with E-state index in [9.17, 15) is 18.0 Å². The van der Waals surface area contributed by atoms with Crippen molar-refractivity contribution in [3.63, 3.8) is 0 Å². The summed E-state index contributed by atoms with van der Waals surface area (Å²) in [6, 6.07) is 12.5. The van der Waals surface area contributed by atoms with Gasteiger partial charge >= 0.3 is 0 Å². The number of hydrogen-bond donors (Lipinski definition) is 1. The topological polar surface area (TPSA) is 86.8 Å². The average molecular weight is 581 g/mol. The van der Waals surface area contributed by atoms with Crippen molar-refractivity contribution in [2.45, 2.75) is 66.0 Å². The number of rotatable bonds is 13. The maximum absolute atomic E-state index is 13.3. The zero-order valence-corrected chi connectivity index (χ0v) is 24.3. The Labute approximate surface area is 224 Å². The number of anilines is 1. The summed E-state index contributed by atoms with van der Waals surface area (Å²) >= 11 is 3.42. The Hall–Kier alpha value is -2.39. The molecule has 0 aromatic heterocycles. The van der Waals surface area contributed by atoms with Crippen LogP contribution >= 0.6 is 15.9 Å². The molecule has 2 rings (SSSR count). The van der Waals surface area contributed by atoms with Crippen LogP contribution in [0.3, 0.4) is 0 Å². The van der Waals surface area contributed by atoms with E-state index in [1.165, 1.54) is 10.6 Å². The summed E-state index contributed by atoms with van der Waals surface area (Å²) in [5, 5.41) is 2.91. The van der Waals surface area contributed by atoms with Crippen LogP contribution in [0.4, 0.5) is 5.69 Å². The Balaban J connectivity index is 2.17. The number of nitrogens with one attached hydrogen (secondary N) is 1. The first-order valence-corrected chi connectivity index (χ1v) is 14.9. The smallest absolute Gasteiger partial charge is 0.242 e. The number of benzene rings is 2. The second-order valence-electron chi connectivity index (χ2n) is 9.13. The Bertz CT molecular complexity index is 1140. The van der Waals surface area contributed by atoms with Gasteiger partial charge in [0.25, 0.3) is 0 Å². The highest BCUT2D eigenvalue weighted by atomic mass is 79.9. The molecule has 0 aliphatic rings. The van der Waals surface area contributed by atoms with Gasteiger partial charge in [-0.15, -0.1) is 0 Å². The average Bonchev–Trinajstić information content (AvgIpc) is 2.82. The molecule has 0 aliphatic carbocycles. The van der Waals surface area contributed by atoms with E-state index in [1.807, 2.05) is 50.2 Å². The first kappa shape index (κ1) is 29.8. The minimum Gasteiger partial charge on any atom is -0.354 e. The zero-order chi connectivity index (χ0) is 26.9. The lowest BCUT2D eigenvalue weighted by Gasteiger charge is -2.29. The standard InChI is InChI=1S/C27H38BrN3O4S/c1-6-7-17-29-27(33)22(4)30(19-23-13-15-24(28)16-14-23)26(32)12-9-18-31(36(5,34)35)25-11-8-10-20(2)21(25)3/h8,10-11,13-16,22H,6-7,9,12,17-19H2,1-5H3,(H,29,33). The predicted molar refractivity (Wildman–Crippen MR) is 149 cm³/mol. The van der Waals surface area contributed by atoms with Crippen LogP contribution in [0.2, 0.25) is 0 Å². The highest BCUT2D eigenvalue weighted by Gasteiger charge is 2.27. The number of halogens is 1. The first-order chi connectivity index (χ1) is 17.0. The minimum absolute atomic E-state index is 0.125. The van der Waals surface area contributed by atoms with Crippen LogP contribution in [0.1, 0.15) is 56.2 Å². The predicted octanol–water partition coefficient (Wildman–Crippen LogP) is 4.95. The molecule has 1 atom stereocenters. The fourth-order valence-corrected chi connectivity index (χ4v) is 5.17. The molecule has 7 nitrogen and oxygen atoms in total. The van der Waals surface area contributed by atoms with Gasteiger partial charge in [-0.05, 0) is 68.5 Å². The number of nitrogens with zero attached hydrogens (tertiary/aromatic N) is 2. The molecule has 1 N–H and O–H groups in total. The molecule has 0 saturated heterocycles. The van der Waals surface area contributed by atoms with Gasteiger partial charge < -0.3 is 10.2 Å². The van der Waals surface area contributed by atoms with Gasteiger partial charge in [-0.25, -0.2) is 8.42 Å². The van der Waals surface area contributed by atoms with Crippen molar-refractivity contribution in [1.82, 2.24) is 10.2 Å². The number of amides is 2. The molecule has 2 amide bonds. The maximum atomic E-state index is 13.3. The van der Waals surface area contributed by atoms with Crippen LogP contribution in [0.5, 0.6) is 0 Å². The molecule has 0 aliphatic heterocycles. The van der Waals surface area contributed by atoms with Gasteiger partial charge in [-0.2, -0.15) is 0 Å². The van der Waals surface area contributed by atoms with E-state index in [2.05, 4.69) is 28.2 Å². The summed E-state index contributed by atoms with van der Waals surface area (Å²) in [5.74, 6) is -0.382. The first-order valence-electron chi connectivity index (χ1n) is 12.3. The number of carbonyl (C=O) groups excluding carboxylic acids is 2. The Morgan fingerprint density at radius 3 is 2.33 bits per heavy atom. The number of unbranched alkanes of at least 4 members (excludes halogenated alkanes) is 1. The van der Waals surface area contributed by atoms with Crippen LogP contribution < -0.4 is 9.62 Å². The lowest BCUT2D eigenvalue weighted by Crippen LogP contribution is -2.48. The SMILES string of the molecule is CCCCNC(=O)C(C)N(Cc1ccc(Br)cc1)C(=O)CCCN(c1cccc(C)c1C)S(C)(=O)=O. The molecule has 36 heavy (non-hydrogen) atoms. The van der Waals surface area contributed by atoms with Crippen LogP contribution in [-0.4, -0.2) is 50.5 Å². The van der Waals surface area contributed by atoms with Gasteiger partial charge in [0.1, 0.15) is 6.04 Å². The molecule has 1 unspecified atom stereocenters. The van der Waals surface area contributed by atoms with Crippen LogP contribution in [0.15, 0.2) is 46.9 Å². The van der Waals surface area contributed by atoms with E-state index in [0.29, 0.717) is 25.2 Å². The van der Waals surface area contributed by atoms with Gasteiger partial charge in [0.15, 0.2) is 0 Å². The summed E-state index contributed by atoms with van der Waals surface area (Å²) in [4.78, 5) is 27.7. The number of sulfonamides is 1. The number of carbonyl (C=O) groups is 2. The molecule has 0 saturated carbocycles. The molecule has 0 bridgehead atoms. The lowest BCUT2D eigenvalue weighted by molar-refractivity contribution is -0.140.